The van der Waals surface area contributed by atoms with Crippen LogP contribution in [-0.2, 0) is 6.18 Å². The van der Waals surface area contributed by atoms with Crippen LogP contribution in [0.25, 0.3) is 0 Å². The summed E-state index contributed by atoms with van der Waals surface area (Å²) in [5.41, 5.74) is -0.348. The van der Waals surface area contributed by atoms with Gasteiger partial charge in [0.25, 0.3) is 0 Å². The summed E-state index contributed by atoms with van der Waals surface area (Å²) in [6, 6.07) is 3.32. The van der Waals surface area contributed by atoms with Crippen molar-refractivity contribution in [1.29, 1.82) is 0 Å². The SMILES string of the molecule is Cc1cc(O[C@@H](C)O)cc(C(F)(F)F)c1. The van der Waals surface area contributed by atoms with E-state index in [2.05, 4.69) is 0 Å². The molecule has 0 saturated heterocycles. The van der Waals surface area contributed by atoms with Crippen molar-refractivity contribution in [3.63, 3.8) is 0 Å². The fourth-order valence-corrected chi connectivity index (χ4v) is 1.18. The van der Waals surface area contributed by atoms with Gasteiger partial charge < -0.3 is 9.84 Å². The lowest BCUT2D eigenvalue weighted by molar-refractivity contribution is -0.137. The number of halogens is 3. The van der Waals surface area contributed by atoms with E-state index in [9.17, 15) is 13.2 Å². The quantitative estimate of drug-likeness (QED) is 0.776. The maximum Gasteiger partial charge on any atom is 0.416 e. The Hall–Kier alpha value is -1.23. The van der Waals surface area contributed by atoms with Crippen molar-refractivity contribution in [2.24, 2.45) is 0 Å². The Kier molecular flexibility index (Phi) is 3.24. The van der Waals surface area contributed by atoms with Crippen LogP contribution >= 0.6 is 0 Å². The third-order valence-corrected chi connectivity index (χ3v) is 1.68. The molecule has 0 fully saturated rings. The molecular formula is C10H11F3O2. The molecule has 0 saturated carbocycles. The van der Waals surface area contributed by atoms with E-state index < -0.39 is 18.0 Å². The third kappa shape index (κ3) is 3.43. The maximum absolute atomic E-state index is 12.4. The first-order valence-corrected chi connectivity index (χ1v) is 4.32. The summed E-state index contributed by atoms with van der Waals surface area (Å²) in [4.78, 5) is 0. The topological polar surface area (TPSA) is 29.5 Å². The van der Waals surface area contributed by atoms with Crippen LogP contribution in [0.1, 0.15) is 18.1 Å². The average molecular weight is 220 g/mol. The number of aryl methyl sites for hydroxylation is 1. The Morgan fingerprint density at radius 1 is 1.27 bits per heavy atom. The second kappa shape index (κ2) is 4.10. The zero-order valence-electron chi connectivity index (χ0n) is 8.30. The lowest BCUT2D eigenvalue weighted by Crippen LogP contribution is -2.11. The van der Waals surface area contributed by atoms with E-state index in [0.29, 0.717) is 5.56 Å². The molecule has 0 amide bonds. The summed E-state index contributed by atoms with van der Waals surface area (Å²) < 4.78 is 41.9. The molecule has 1 aromatic carbocycles. The minimum absolute atomic E-state index is 0.0114. The number of hydrogen-bond acceptors (Lipinski definition) is 2. The Bertz CT molecular complexity index is 345. The van der Waals surface area contributed by atoms with E-state index in [0.717, 1.165) is 12.1 Å². The molecule has 0 aliphatic rings. The summed E-state index contributed by atoms with van der Waals surface area (Å²) in [5, 5.41) is 8.89. The fourth-order valence-electron chi connectivity index (χ4n) is 1.18. The normalized spacial score (nSPS) is 13.7. The molecule has 5 heteroatoms. The van der Waals surface area contributed by atoms with E-state index in [-0.39, 0.29) is 5.75 Å². The Balaban J connectivity index is 3.06. The number of ether oxygens (including phenoxy) is 1. The Morgan fingerprint density at radius 2 is 1.87 bits per heavy atom. The summed E-state index contributed by atoms with van der Waals surface area (Å²) >= 11 is 0. The second-order valence-corrected chi connectivity index (χ2v) is 3.25. The highest BCUT2D eigenvalue weighted by molar-refractivity contribution is 5.35. The van der Waals surface area contributed by atoms with E-state index in [4.69, 9.17) is 9.84 Å². The lowest BCUT2D eigenvalue weighted by atomic mass is 10.1. The molecule has 0 aliphatic heterocycles. The minimum Gasteiger partial charge on any atom is -0.465 e. The van der Waals surface area contributed by atoms with Crippen molar-refractivity contribution in [2.45, 2.75) is 26.3 Å². The monoisotopic (exact) mass is 220 g/mol. The van der Waals surface area contributed by atoms with Crippen LogP contribution < -0.4 is 4.74 Å². The molecule has 2 nitrogen and oxygen atoms in total. The summed E-state index contributed by atoms with van der Waals surface area (Å²) in [5.74, 6) is 0.0114. The van der Waals surface area contributed by atoms with Gasteiger partial charge in [-0.1, -0.05) is 0 Å². The number of alkyl halides is 3. The van der Waals surface area contributed by atoms with Crippen LogP contribution in [-0.4, -0.2) is 11.4 Å². The molecule has 0 radical (unpaired) electrons. The predicted octanol–water partition coefficient (Wildman–Crippen LogP) is 2.73. The Labute approximate surface area is 85.3 Å². The molecule has 15 heavy (non-hydrogen) atoms. The van der Waals surface area contributed by atoms with Crippen molar-refractivity contribution in [3.8, 4) is 5.75 Å². The van der Waals surface area contributed by atoms with Gasteiger partial charge in [0.15, 0.2) is 6.29 Å². The van der Waals surface area contributed by atoms with Gasteiger partial charge in [0.2, 0.25) is 0 Å². The first kappa shape index (κ1) is 11.8. The van der Waals surface area contributed by atoms with Gasteiger partial charge in [-0.25, -0.2) is 0 Å². The molecule has 0 spiro atoms. The number of aliphatic hydroxyl groups excluding tert-OH is 1. The largest absolute Gasteiger partial charge is 0.465 e. The van der Waals surface area contributed by atoms with Gasteiger partial charge in [0, 0.05) is 0 Å². The van der Waals surface area contributed by atoms with E-state index in [1.807, 2.05) is 0 Å². The minimum atomic E-state index is -4.40. The summed E-state index contributed by atoms with van der Waals surface area (Å²) in [7, 11) is 0. The third-order valence-electron chi connectivity index (χ3n) is 1.68. The maximum atomic E-state index is 12.4. The molecule has 0 unspecified atom stereocenters. The van der Waals surface area contributed by atoms with E-state index >= 15 is 0 Å². The summed E-state index contributed by atoms with van der Waals surface area (Å²) in [6.45, 7) is 2.86. The second-order valence-electron chi connectivity index (χ2n) is 3.25. The van der Waals surface area contributed by atoms with Crippen molar-refractivity contribution < 1.29 is 23.0 Å². The highest BCUT2D eigenvalue weighted by Gasteiger charge is 2.31. The number of benzene rings is 1. The highest BCUT2D eigenvalue weighted by atomic mass is 19.4. The number of aliphatic hydroxyl groups is 1. The smallest absolute Gasteiger partial charge is 0.416 e. The molecule has 0 heterocycles. The molecule has 0 bridgehead atoms. The zero-order chi connectivity index (χ0) is 11.6. The van der Waals surface area contributed by atoms with Crippen LogP contribution in [0.3, 0.4) is 0 Å². The van der Waals surface area contributed by atoms with Gasteiger partial charge >= 0.3 is 6.18 Å². The van der Waals surface area contributed by atoms with Crippen LogP contribution in [0.2, 0.25) is 0 Å². The molecule has 0 aromatic heterocycles. The van der Waals surface area contributed by atoms with Crippen LogP contribution in [0.15, 0.2) is 18.2 Å². The highest BCUT2D eigenvalue weighted by Crippen LogP contribution is 2.32. The van der Waals surface area contributed by atoms with Gasteiger partial charge in [-0.05, 0) is 37.6 Å². The molecule has 1 rings (SSSR count). The molecule has 84 valence electrons. The van der Waals surface area contributed by atoms with Crippen molar-refractivity contribution in [3.05, 3.63) is 29.3 Å². The van der Waals surface area contributed by atoms with Gasteiger partial charge in [0.05, 0.1) is 5.56 Å². The average Bonchev–Trinajstić information content (AvgIpc) is 1.99. The lowest BCUT2D eigenvalue weighted by Gasteiger charge is -2.13. The van der Waals surface area contributed by atoms with E-state index in [1.165, 1.54) is 19.9 Å². The molecule has 1 aromatic rings. The van der Waals surface area contributed by atoms with Gasteiger partial charge in [-0.3, -0.25) is 0 Å². The molecule has 1 atom stereocenters. The summed E-state index contributed by atoms with van der Waals surface area (Å²) in [6.07, 6.45) is -5.53. The predicted molar refractivity (Wildman–Crippen MR) is 48.5 cm³/mol. The molecule has 0 aliphatic carbocycles. The zero-order valence-corrected chi connectivity index (χ0v) is 8.30. The number of rotatable bonds is 2. The van der Waals surface area contributed by atoms with Crippen molar-refractivity contribution in [2.75, 3.05) is 0 Å². The van der Waals surface area contributed by atoms with E-state index in [1.54, 1.807) is 0 Å². The van der Waals surface area contributed by atoms with Crippen molar-refractivity contribution in [1.82, 2.24) is 0 Å². The Morgan fingerprint density at radius 3 is 2.33 bits per heavy atom. The standard InChI is InChI=1S/C10H11F3O2/c1-6-3-8(10(11,12)13)5-9(4-6)15-7(2)14/h3-5,7,14H,1-2H3/t7-/m0/s1. The van der Waals surface area contributed by atoms with Gasteiger partial charge in [-0.2, -0.15) is 13.2 Å². The molecular weight excluding hydrogens is 209 g/mol. The fraction of sp³-hybridized carbons (Fsp3) is 0.400. The van der Waals surface area contributed by atoms with Gasteiger partial charge in [0.1, 0.15) is 5.75 Å². The van der Waals surface area contributed by atoms with Crippen LogP contribution in [0, 0.1) is 6.92 Å². The van der Waals surface area contributed by atoms with Crippen LogP contribution in [0.5, 0.6) is 5.75 Å². The first-order chi connectivity index (χ1) is 6.79. The van der Waals surface area contributed by atoms with Crippen molar-refractivity contribution >= 4 is 0 Å². The number of hydrogen-bond donors (Lipinski definition) is 1. The van der Waals surface area contributed by atoms with Crippen LogP contribution in [0.4, 0.5) is 13.2 Å². The van der Waals surface area contributed by atoms with Gasteiger partial charge in [-0.15, -0.1) is 0 Å². The first-order valence-electron chi connectivity index (χ1n) is 4.32. The molecule has 1 N–H and O–H groups in total.